The summed E-state index contributed by atoms with van der Waals surface area (Å²) in [6.07, 6.45) is 0. The lowest BCUT2D eigenvalue weighted by Gasteiger charge is -1.88. The third-order valence-electron chi connectivity index (χ3n) is 1.17. The van der Waals surface area contributed by atoms with Crippen LogP contribution in [0.1, 0.15) is 0 Å². The van der Waals surface area contributed by atoms with Crippen molar-refractivity contribution in [2.24, 2.45) is 16.0 Å². The summed E-state index contributed by atoms with van der Waals surface area (Å²) in [4.78, 5) is 0. The Morgan fingerprint density at radius 2 is 1.91 bits per heavy atom. The molecule has 0 spiro atoms. The van der Waals surface area contributed by atoms with Gasteiger partial charge in [0.25, 0.3) is 0 Å². The van der Waals surface area contributed by atoms with Gasteiger partial charge < -0.3 is 5.73 Å². The number of rotatable bonds is 3. The second kappa shape index (κ2) is 4.57. The molecule has 11 heavy (non-hydrogen) atoms. The normalized spacial score (nSPS) is 10.6. The highest BCUT2D eigenvalue weighted by molar-refractivity contribution is 5.34. The molecule has 0 radical (unpaired) electrons. The number of nitrogens with two attached hydrogens (primary N) is 1. The first-order chi connectivity index (χ1) is 5.43. The summed E-state index contributed by atoms with van der Waals surface area (Å²) in [6, 6.07) is 9.61. The molecule has 0 saturated heterocycles. The number of hydrogen-bond donors (Lipinski definition) is 1. The SMILES string of the molecule is NCCN=Nc1ccccc1. The molecule has 0 heterocycles. The monoisotopic (exact) mass is 149 g/mol. The molecule has 0 unspecified atom stereocenters. The van der Waals surface area contributed by atoms with Crippen LogP contribution in [0.5, 0.6) is 0 Å². The van der Waals surface area contributed by atoms with Crippen LogP contribution in [0.15, 0.2) is 40.6 Å². The van der Waals surface area contributed by atoms with E-state index in [0.717, 1.165) is 5.69 Å². The zero-order chi connectivity index (χ0) is 7.94. The third kappa shape index (κ3) is 2.91. The summed E-state index contributed by atoms with van der Waals surface area (Å²) in [5.41, 5.74) is 6.11. The smallest absolute Gasteiger partial charge is 0.0852 e. The zero-order valence-electron chi connectivity index (χ0n) is 6.27. The zero-order valence-corrected chi connectivity index (χ0v) is 6.27. The van der Waals surface area contributed by atoms with Gasteiger partial charge in [0.15, 0.2) is 0 Å². The third-order valence-corrected chi connectivity index (χ3v) is 1.17. The van der Waals surface area contributed by atoms with Crippen LogP contribution in [-0.2, 0) is 0 Å². The Balaban J connectivity index is 2.50. The van der Waals surface area contributed by atoms with E-state index in [-0.39, 0.29) is 0 Å². The summed E-state index contributed by atoms with van der Waals surface area (Å²) in [6.45, 7) is 1.14. The maximum absolute atomic E-state index is 5.24. The molecule has 0 aliphatic rings. The van der Waals surface area contributed by atoms with E-state index in [1.54, 1.807) is 0 Å². The van der Waals surface area contributed by atoms with Crippen LogP contribution in [0.2, 0.25) is 0 Å². The molecule has 0 fully saturated rings. The van der Waals surface area contributed by atoms with Crippen molar-refractivity contribution in [3.05, 3.63) is 30.3 Å². The molecule has 1 aromatic rings. The van der Waals surface area contributed by atoms with Crippen molar-refractivity contribution in [2.45, 2.75) is 0 Å². The van der Waals surface area contributed by atoms with Crippen molar-refractivity contribution >= 4 is 5.69 Å². The van der Waals surface area contributed by atoms with Crippen molar-refractivity contribution < 1.29 is 0 Å². The fourth-order valence-electron chi connectivity index (χ4n) is 0.684. The number of nitrogens with zero attached hydrogens (tertiary/aromatic N) is 2. The topological polar surface area (TPSA) is 50.7 Å². The quantitative estimate of drug-likeness (QED) is 0.654. The molecule has 0 aliphatic heterocycles. The molecule has 0 amide bonds. The van der Waals surface area contributed by atoms with E-state index in [1.165, 1.54) is 0 Å². The largest absolute Gasteiger partial charge is 0.329 e. The molecular formula is C8H11N3. The van der Waals surface area contributed by atoms with Crippen molar-refractivity contribution in [1.29, 1.82) is 0 Å². The van der Waals surface area contributed by atoms with Crippen molar-refractivity contribution in [3.63, 3.8) is 0 Å². The highest BCUT2D eigenvalue weighted by Gasteiger charge is 1.82. The fraction of sp³-hybridized carbons (Fsp3) is 0.250. The van der Waals surface area contributed by atoms with Crippen molar-refractivity contribution in [3.8, 4) is 0 Å². The first-order valence-corrected chi connectivity index (χ1v) is 3.56. The Hall–Kier alpha value is -1.22. The highest BCUT2D eigenvalue weighted by Crippen LogP contribution is 2.09. The average molecular weight is 149 g/mol. The van der Waals surface area contributed by atoms with Gasteiger partial charge in [0, 0.05) is 6.54 Å². The minimum atomic E-state index is 0.552. The van der Waals surface area contributed by atoms with E-state index < -0.39 is 0 Å². The molecule has 1 rings (SSSR count). The van der Waals surface area contributed by atoms with Crippen molar-refractivity contribution in [1.82, 2.24) is 0 Å². The summed E-state index contributed by atoms with van der Waals surface area (Å²) in [5.74, 6) is 0. The van der Waals surface area contributed by atoms with Gasteiger partial charge in [0.05, 0.1) is 12.2 Å². The van der Waals surface area contributed by atoms with Crippen LogP contribution in [0.4, 0.5) is 5.69 Å². The van der Waals surface area contributed by atoms with Gasteiger partial charge >= 0.3 is 0 Å². The molecule has 0 saturated carbocycles. The van der Waals surface area contributed by atoms with Crippen LogP contribution in [-0.4, -0.2) is 13.1 Å². The van der Waals surface area contributed by atoms with Gasteiger partial charge in [0.1, 0.15) is 0 Å². The van der Waals surface area contributed by atoms with E-state index in [9.17, 15) is 0 Å². The Bertz CT molecular complexity index is 218. The first kappa shape index (κ1) is 7.88. The second-order valence-corrected chi connectivity index (χ2v) is 2.09. The molecule has 0 bridgehead atoms. The predicted molar refractivity (Wildman–Crippen MR) is 44.9 cm³/mol. The Kier molecular flexibility index (Phi) is 3.28. The highest BCUT2D eigenvalue weighted by atomic mass is 15.1. The molecular weight excluding hydrogens is 138 g/mol. The van der Waals surface area contributed by atoms with Gasteiger partial charge in [-0.15, -0.1) is 0 Å². The molecule has 2 N–H and O–H groups in total. The van der Waals surface area contributed by atoms with Crippen LogP contribution in [0.25, 0.3) is 0 Å². The van der Waals surface area contributed by atoms with Crippen LogP contribution >= 0.6 is 0 Å². The second-order valence-electron chi connectivity index (χ2n) is 2.09. The fourth-order valence-corrected chi connectivity index (χ4v) is 0.684. The Morgan fingerprint density at radius 1 is 1.18 bits per heavy atom. The maximum atomic E-state index is 5.24. The molecule has 3 heteroatoms. The summed E-state index contributed by atoms with van der Waals surface area (Å²) < 4.78 is 0. The molecule has 58 valence electrons. The maximum Gasteiger partial charge on any atom is 0.0852 e. The lowest BCUT2D eigenvalue weighted by atomic mass is 10.3. The molecule has 3 nitrogen and oxygen atoms in total. The van der Waals surface area contributed by atoms with Crippen molar-refractivity contribution in [2.75, 3.05) is 13.1 Å². The molecule has 0 aliphatic carbocycles. The Morgan fingerprint density at radius 3 is 2.55 bits per heavy atom. The van der Waals surface area contributed by atoms with E-state index >= 15 is 0 Å². The summed E-state index contributed by atoms with van der Waals surface area (Å²) >= 11 is 0. The van der Waals surface area contributed by atoms with Crippen LogP contribution in [0.3, 0.4) is 0 Å². The van der Waals surface area contributed by atoms with Gasteiger partial charge in [-0.25, -0.2) is 0 Å². The van der Waals surface area contributed by atoms with E-state index in [2.05, 4.69) is 10.2 Å². The van der Waals surface area contributed by atoms with E-state index in [1.807, 2.05) is 30.3 Å². The van der Waals surface area contributed by atoms with E-state index in [4.69, 9.17) is 5.73 Å². The van der Waals surface area contributed by atoms with Gasteiger partial charge in [-0.1, -0.05) is 18.2 Å². The first-order valence-electron chi connectivity index (χ1n) is 3.56. The number of azo groups is 1. The molecule has 0 atom stereocenters. The predicted octanol–water partition coefficient (Wildman–Crippen LogP) is 1.73. The summed E-state index contributed by atoms with van der Waals surface area (Å²) in [7, 11) is 0. The number of hydrogen-bond acceptors (Lipinski definition) is 3. The van der Waals surface area contributed by atoms with Gasteiger partial charge in [-0.2, -0.15) is 10.2 Å². The van der Waals surface area contributed by atoms with Gasteiger partial charge in [-0.05, 0) is 12.1 Å². The lowest BCUT2D eigenvalue weighted by Crippen LogP contribution is -2.00. The van der Waals surface area contributed by atoms with Crippen LogP contribution in [0, 0.1) is 0 Å². The molecule has 1 aromatic carbocycles. The standard InChI is InChI=1S/C8H11N3/c9-6-7-10-11-8-4-2-1-3-5-8/h1-5H,6-7,9H2. The number of benzene rings is 1. The van der Waals surface area contributed by atoms with E-state index in [0.29, 0.717) is 13.1 Å². The lowest BCUT2D eigenvalue weighted by molar-refractivity contribution is 0.912. The van der Waals surface area contributed by atoms with Crippen LogP contribution < -0.4 is 5.73 Å². The van der Waals surface area contributed by atoms with Gasteiger partial charge in [-0.3, -0.25) is 0 Å². The minimum Gasteiger partial charge on any atom is -0.329 e. The Labute approximate surface area is 65.9 Å². The minimum absolute atomic E-state index is 0.552. The van der Waals surface area contributed by atoms with Gasteiger partial charge in [0.2, 0.25) is 0 Å². The molecule has 0 aromatic heterocycles. The average Bonchev–Trinajstić information content (AvgIpc) is 2.07. The summed E-state index contributed by atoms with van der Waals surface area (Å²) in [5, 5.41) is 7.80.